The van der Waals surface area contributed by atoms with Crippen LogP contribution in [0.4, 0.5) is 5.69 Å². The number of anilines is 1. The minimum atomic E-state index is -0.0667. The molecule has 2 rings (SSSR count). The molecule has 2 N–H and O–H groups in total. The van der Waals surface area contributed by atoms with Gasteiger partial charge in [0.1, 0.15) is 0 Å². The zero-order valence-electron chi connectivity index (χ0n) is 14.0. The fourth-order valence-electron chi connectivity index (χ4n) is 2.52. The van der Waals surface area contributed by atoms with E-state index in [1.165, 1.54) is 12.8 Å². The van der Waals surface area contributed by atoms with Gasteiger partial charge in [0.15, 0.2) is 0 Å². The van der Waals surface area contributed by atoms with Gasteiger partial charge in [0.25, 0.3) is 5.91 Å². The minimum Gasteiger partial charge on any atom is -0.384 e. The number of rotatable bonds is 9. The molecule has 1 fully saturated rings. The molecule has 0 atom stereocenters. The molecule has 1 amide bonds. The standard InChI is InChI=1S/C17H28N4O2/c1-2-3-4-5-19-16-12-15(13-18-14-16)17(22)20-6-7-21-8-10-23-11-9-21/h12-14,19H,2-11H2,1H3,(H,20,22). The van der Waals surface area contributed by atoms with Crippen molar-refractivity contribution < 1.29 is 9.53 Å². The number of unbranched alkanes of at least 4 members (excludes halogenated alkanes) is 2. The summed E-state index contributed by atoms with van der Waals surface area (Å²) in [5.41, 5.74) is 1.51. The average molecular weight is 320 g/mol. The monoisotopic (exact) mass is 320 g/mol. The number of ether oxygens (including phenoxy) is 1. The van der Waals surface area contributed by atoms with E-state index < -0.39 is 0 Å². The largest absolute Gasteiger partial charge is 0.384 e. The van der Waals surface area contributed by atoms with Gasteiger partial charge in [-0.3, -0.25) is 14.7 Å². The van der Waals surface area contributed by atoms with E-state index in [1.54, 1.807) is 12.4 Å². The van der Waals surface area contributed by atoms with Crippen molar-refractivity contribution in [3.63, 3.8) is 0 Å². The van der Waals surface area contributed by atoms with Crippen LogP contribution >= 0.6 is 0 Å². The van der Waals surface area contributed by atoms with Crippen molar-refractivity contribution in [2.24, 2.45) is 0 Å². The van der Waals surface area contributed by atoms with Crippen LogP contribution in [0.3, 0.4) is 0 Å². The van der Waals surface area contributed by atoms with Crippen LogP contribution in [0.5, 0.6) is 0 Å². The quantitative estimate of drug-likeness (QED) is 0.679. The topological polar surface area (TPSA) is 66.5 Å². The highest BCUT2D eigenvalue weighted by Crippen LogP contribution is 2.09. The maximum absolute atomic E-state index is 12.2. The summed E-state index contributed by atoms with van der Waals surface area (Å²) in [6.07, 6.45) is 6.91. The van der Waals surface area contributed by atoms with Gasteiger partial charge in [-0.25, -0.2) is 0 Å². The first-order valence-electron chi connectivity index (χ1n) is 8.57. The van der Waals surface area contributed by atoms with E-state index in [2.05, 4.69) is 27.4 Å². The Balaban J connectivity index is 1.72. The lowest BCUT2D eigenvalue weighted by molar-refractivity contribution is 0.0383. The van der Waals surface area contributed by atoms with Crippen LogP contribution in [-0.2, 0) is 4.74 Å². The van der Waals surface area contributed by atoms with Crippen molar-refractivity contribution in [3.05, 3.63) is 24.0 Å². The molecule has 0 spiro atoms. The van der Waals surface area contributed by atoms with Gasteiger partial charge in [-0.1, -0.05) is 19.8 Å². The molecule has 1 aliphatic heterocycles. The average Bonchev–Trinajstić information content (AvgIpc) is 2.60. The Hall–Kier alpha value is -1.66. The van der Waals surface area contributed by atoms with E-state index in [9.17, 15) is 4.79 Å². The second kappa shape index (κ2) is 10.2. The van der Waals surface area contributed by atoms with Crippen LogP contribution in [0, 0.1) is 0 Å². The molecule has 1 aromatic rings. The molecule has 1 aromatic heterocycles. The third-order valence-electron chi connectivity index (χ3n) is 3.93. The fraction of sp³-hybridized carbons (Fsp3) is 0.647. The van der Waals surface area contributed by atoms with Gasteiger partial charge in [0.05, 0.1) is 24.5 Å². The molecule has 6 nitrogen and oxygen atoms in total. The number of aromatic nitrogens is 1. The van der Waals surface area contributed by atoms with Gasteiger partial charge in [-0.05, 0) is 12.5 Å². The number of morpholine rings is 1. The zero-order chi connectivity index (χ0) is 16.3. The molecule has 0 aromatic carbocycles. The normalized spacial score (nSPS) is 15.3. The Morgan fingerprint density at radius 2 is 2.09 bits per heavy atom. The molecule has 23 heavy (non-hydrogen) atoms. The lowest BCUT2D eigenvalue weighted by Crippen LogP contribution is -2.41. The SMILES string of the molecule is CCCCCNc1cncc(C(=O)NCCN2CCOCC2)c1. The number of pyridine rings is 1. The lowest BCUT2D eigenvalue weighted by Gasteiger charge is -2.26. The van der Waals surface area contributed by atoms with E-state index in [0.29, 0.717) is 12.1 Å². The molecule has 128 valence electrons. The smallest absolute Gasteiger partial charge is 0.252 e. The molecule has 0 saturated carbocycles. The summed E-state index contributed by atoms with van der Waals surface area (Å²) < 4.78 is 5.31. The van der Waals surface area contributed by atoms with Gasteiger partial charge in [-0.15, -0.1) is 0 Å². The number of nitrogens with zero attached hydrogens (tertiary/aromatic N) is 2. The van der Waals surface area contributed by atoms with Crippen LogP contribution in [0.25, 0.3) is 0 Å². The summed E-state index contributed by atoms with van der Waals surface area (Å²) in [5.74, 6) is -0.0667. The molecule has 6 heteroatoms. The fourth-order valence-corrected chi connectivity index (χ4v) is 2.52. The van der Waals surface area contributed by atoms with Crippen molar-refractivity contribution >= 4 is 11.6 Å². The highest BCUT2D eigenvalue weighted by atomic mass is 16.5. The first kappa shape index (κ1) is 17.7. The molecule has 1 saturated heterocycles. The predicted octanol–water partition coefficient (Wildman–Crippen LogP) is 1.75. The number of hydrogen-bond donors (Lipinski definition) is 2. The van der Waals surface area contributed by atoms with Gasteiger partial charge in [0.2, 0.25) is 0 Å². The Labute approximate surface area is 138 Å². The first-order chi connectivity index (χ1) is 11.3. The van der Waals surface area contributed by atoms with Gasteiger partial charge in [0, 0.05) is 45.1 Å². The number of amides is 1. The second-order valence-electron chi connectivity index (χ2n) is 5.81. The molecule has 2 heterocycles. The summed E-state index contributed by atoms with van der Waals surface area (Å²) in [6, 6.07) is 1.86. The maximum Gasteiger partial charge on any atom is 0.252 e. The number of hydrogen-bond acceptors (Lipinski definition) is 5. The Bertz CT molecular complexity index is 475. The van der Waals surface area contributed by atoms with Crippen molar-refractivity contribution in [2.75, 3.05) is 51.3 Å². The van der Waals surface area contributed by atoms with E-state index >= 15 is 0 Å². The van der Waals surface area contributed by atoms with Gasteiger partial charge >= 0.3 is 0 Å². The third kappa shape index (κ3) is 6.54. The Kier molecular flexibility index (Phi) is 7.83. The predicted molar refractivity (Wildman–Crippen MR) is 91.8 cm³/mol. The Morgan fingerprint density at radius 1 is 1.26 bits per heavy atom. The maximum atomic E-state index is 12.2. The summed E-state index contributed by atoms with van der Waals surface area (Å²) in [4.78, 5) is 18.6. The van der Waals surface area contributed by atoms with Crippen molar-refractivity contribution in [1.82, 2.24) is 15.2 Å². The van der Waals surface area contributed by atoms with Gasteiger partial charge < -0.3 is 15.4 Å². The van der Waals surface area contributed by atoms with Gasteiger partial charge in [-0.2, -0.15) is 0 Å². The Morgan fingerprint density at radius 3 is 2.87 bits per heavy atom. The zero-order valence-corrected chi connectivity index (χ0v) is 14.0. The molecular formula is C17H28N4O2. The summed E-state index contributed by atoms with van der Waals surface area (Å²) in [5, 5.41) is 6.28. The third-order valence-corrected chi connectivity index (χ3v) is 3.93. The minimum absolute atomic E-state index is 0.0667. The van der Waals surface area contributed by atoms with Crippen LogP contribution in [0.15, 0.2) is 18.5 Å². The van der Waals surface area contributed by atoms with Crippen molar-refractivity contribution in [3.8, 4) is 0 Å². The highest BCUT2D eigenvalue weighted by molar-refractivity contribution is 5.94. The summed E-state index contributed by atoms with van der Waals surface area (Å²) >= 11 is 0. The molecule has 0 aliphatic carbocycles. The summed E-state index contributed by atoms with van der Waals surface area (Å²) in [6.45, 7) is 8.04. The van der Waals surface area contributed by atoms with E-state index in [1.807, 2.05) is 6.07 Å². The number of carbonyl (C=O) groups is 1. The van der Waals surface area contributed by atoms with Crippen molar-refractivity contribution in [1.29, 1.82) is 0 Å². The second-order valence-corrected chi connectivity index (χ2v) is 5.81. The van der Waals surface area contributed by atoms with E-state index in [4.69, 9.17) is 4.74 Å². The molecule has 0 unspecified atom stereocenters. The number of carbonyl (C=O) groups excluding carboxylic acids is 1. The summed E-state index contributed by atoms with van der Waals surface area (Å²) in [7, 11) is 0. The first-order valence-corrected chi connectivity index (χ1v) is 8.57. The van der Waals surface area contributed by atoms with Crippen molar-refractivity contribution in [2.45, 2.75) is 26.2 Å². The molecular weight excluding hydrogens is 292 g/mol. The molecule has 1 aliphatic rings. The lowest BCUT2D eigenvalue weighted by atomic mass is 10.2. The van der Waals surface area contributed by atoms with E-state index in [-0.39, 0.29) is 5.91 Å². The molecule has 0 bridgehead atoms. The van der Waals surface area contributed by atoms with Crippen LogP contribution in [-0.4, -0.2) is 61.7 Å². The number of nitrogens with one attached hydrogen (secondary N) is 2. The van der Waals surface area contributed by atoms with Crippen LogP contribution in [0.1, 0.15) is 36.5 Å². The molecule has 0 radical (unpaired) electrons. The van der Waals surface area contributed by atoms with Crippen LogP contribution in [0.2, 0.25) is 0 Å². The van der Waals surface area contributed by atoms with Crippen LogP contribution < -0.4 is 10.6 Å². The highest BCUT2D eigenvalue weighted by Gasteiger charge is 2.11. The van der Waals surface area contributed by atoms with E-state index in [0.717, 1.165) is 51.5 Å².